The van der Waals surface area contributed by atoms with Crippen LogP contribution in [0.4, 0.5) is 8.78 Å². The van der Waals surface area contributed by atoms with Crippen molar-refractivity contribution in [3.8, 4) is 5.75 Å². The van der Waals surface area contributed by atoms with Crippen LogP contribution in [0.25, 0.3) is 6.08 Å². The normalized spacial score (nSPS) is 15.8. The minimum absolute atomic E-state index is 0.0609. The minimum Gasteiger partial charge on any atom is -0.489 e. The lowest BCUT2D eigenvalue weighted by Gasteiger charge is -2.29. The molecular formula is C20H16F2O5. The highest BCUT2D eigenvalue weighted by Gasteiger charge is 2.38. The molecule has 0 unspecified atom stereocenters. The molecule has 3 rings (SSSR count). The van der Waals surface area contributed by atoms with Gasteiger partial charge in [0, 0.05) is 13.8 Å². The van der Waals surface area contributed by atoms with Crippen molar-refractivity contribution >= 4 is 18.0 Å². The molecule has 2 aromatic carbocycles. The van der Waals surface area contributed by atoms with Crippen LogP contribution in [0.15, 0.2) is 48.0 Å². The van der Waals surface area contributed by atoms with Crippen molar-refractivity contribution in [1.29, 1.82) is 0 Å². The van der Waals surface area contributed by atoms with Crippen LogP contribution in [-0.4, -0.2) is 17.7 Å². The van der Waals surface area contributed by atoms with E-state index in [-0.39, 0.29) is 12.2 Å². The highest BCUT2D eigenvalue weighted by molar-refractivity contribution is 6.18. The fraction of sp³-hybridized carbons (Fsp3) is 0.200. The maximum Gasteiger partial charge on any atom is 0.348 e. The fourth-order valence-corrected chi connectivity index (χ4v) is 2.40. The molecule has 0 spiro atoms. The van der Waals surface area contributed by atoms with E-state index in [4.69, 9.17) is 14.2 Å². The van der Waals surface area contributed by atoms with E-state index in [9.17, 15) is 18.4 Å². The molecular weight excluding hydrogens is 358 g/mol. The second-order valence-electron chi connectivity index (χ2n) is 6.34. The second-order valence-corrected chi connectivity index (χ2v) is 6.34. The van der Waals surface area contributed by atoms with E-state index in [1.54, 1.807) is 24.3 Å². The first-order valence-electron chi connectivity index (χ1n) is 8.09. The van der Waals surface area contributed by atoms with Crippen molar-refractivity contribution in [1.82, 2.24) is 0 Å². The van der Waals surface area contributed by atoms with Crippen LogP contribution < -0.4 is 4.74 Å². The van der Waals surface area contributed by atoms with Crippen molar-refractivity contribution in [3.05, 3.63) is 70.8 Å². The summed E-state index contributed by atoms with van der Waals surface area (Å²) in [6, 6.07) is 10.0. The van der Waals surface area contributed by atoms with E-state index in [2.05, 4.69) is 0 Å². The van der Waals surface area contributed by atoms with Gasteiger partial charge in [-0.1, -0.05) is 18.2 Å². The fourth-order valence-electron chi connectivity index (χ4n) is 2.40. The monoisotopic (exact) mass is 374 g/mol. The highest BCUT2D eigenvalue weighted by Crippen LogP contribution is 2.25. The zero-order valence-corrected chi connectivity index (χ0v) is 14.6. The molecule has 1 saturated heterocycles. The molecule has 0 saturated carbocycles. The molecule has 2 aromatic rings. The van der Waals surface area contributed by atoms with Crippen LogP contribution in [-0.2, 0) is 25.7 Å². The number of hydrogen-bond donors (Lipinski definition) is 0. The predicted molar refractivity (Wildman–Crippen MR) is 91.4 cm³/mol. The van der Waals surface area contributed by atoms with Crippen LogP contribution in [0.2, 0.25) is 0 Å². The molecule has 1 aliphatic heterocycles. The van der Waals surface area contributed by atoms with Crippen LogP contribution in [0.1, 0.15) is 25.0 Å². The van der Waals surface area contributed by atoms with Gasteiger partial charge in [-0.25, -0.2) is 18.4 Å². The second kappa shape index (κ2) is 7.19. The third kappa shape index (κ3) is 4.49. The topological polar surface area (TPSA) is 61.8 Å². The Bertz CT molecular complexity index is 894. The first-order valence-corrected chi connectivity index (χ1v) is 8.09. The number of rotatable bonds is 4. The Morgan fingerprint density at radius 2 is 1.59 bits per heavy atom. The molecule has 0 atom stereocenters. The summed E-state index contributed by atoms with van der Waals surface area (Å²) in [5, 5.41) is 0. The number of hydrogen-bond acceptors (Lipinski definition) is 5. The van der Waals surface area contributed by atoms with Gasteiger partial charge in [0.1, 0.15) is 17.9 Å². The highest BCUT2D eigenvalue weighted by atomic mass is 19.2. The summed E-state index contributed by atoms with van der Waals surface area (Å²) in [5.74, 6) is -4.17. The van der Waals surface area contributed by atoms with Gasteiger partial charge in [-0.3, -0.25) is 0 Å². The number of halogens is 2. The van der Waals surface area contributed by atoms with E-state index >= 15 is 0 Å². The zero-order valence-electron chi connectivity index (χ0n) is 14.6. The van der Waals surface area contributed by atoms with Crippen LogP contribution in [0.5, 0.6) is 5.75 Å². The van der Waals surface area contributed by atoms with Gasteiger partial charge in [0.2, 0.25) is 0 Å². The van der Waals surface area contributed by atoms with Crippen LogP contribution in [0.3, 0.4) is 0 Å². The number of cyclic esters (lactones) is 2. The number of ether oxygens (including phenoxy) is 3. The Morgan fingerprint density at radius 3 is 2.19 bits per heavy atom. The maximum absolute atomic E-state index is 13.2. The predicted octanol–water partition coefficient (Wildman–Crippen LogP) is 3.76. The summed E-state index contributed by atoms with van der Waals surface area (Å²) in [6.45, 7) is 3.00. The molecule has 27 heavy (non-hydrogen) atoms. The lowest BCUT2D eigenvalue weighted by atomic mass is 10.1. The number of carbonyl (C=O) groups excluding carboxylic acids is 2. The van der Waals surface area contributed by atoms with E-state index in [1.807, 2.05) is 0 Å². The van der Waals surface area contributed by atoms with Gasteiger partial charge >= 0.3 is 11.9 Å². The summed E-state index contributed by atoms with van der Waals surface area (Å²) in [4.78, 5) is 23.9. The van der Waals surface area contributed by atoms with Crippen molar-refractivity contribution in [3.63, 3.8) is 0 Å². The average Bonchev–Trinajstić information content (AvgIpc) is 2.59. The van der Waals surface area contributed by atoms with Gasteiger partial charge in [-0.15, -0.1) is 0 Å². The summed E-state index contributed by atoms with van der Waals surface area (Å²) >= 11 is 0. The van der Waals surface area contributed by atoms with Crippen LogP contribution >= 0.6 is 0 Å². The molecule has 1 aliphatic rings. The third-order valence-corrected chi connectivity index (χ3v) is 3.70. The number of benzene rings is 2. The van der Waals surface area contributed by atoms with E-state index in [0.29, 0.717) is 16.9 Å². The Kier molecular flexibility index (Phi) is 4.94. The Balaban J connectivity index is 1.67. The summed E-state index contributed by atoms with van der Waals surface area (Å²) in [5.41, 5.74) is 0.846. The van der Waals surface area contributed by atoms with Gasteiger partial charge in [0.15, 0.2) is 11.6 Å². The molecule has 0 radical (unpaired) electrons. The Hall–Kier alpha value is -3.22. The largest absolute Gasteiger partial charge is 0.489 e. The standard InChI is InChI=1S/C20H16F2O5/c1-20(2)26-18(23)15(19(24)27-20)9-12-3-6-14(7-4-12)25-11-13-5-8-16(21)17(22)10-13/h3-10H,11H2,1-2H3. The van der Waals surface area contributed by atoms with Gasteiger partial charge in [0.05, 0.1) is 0 Å². The molecule has 140 valence electrons. The van der Waals surface area contributed by atoms with Gasteiger partial charge in [-0.05, 0) is 41.5 Å². The first kappa shape index (κ1) is 18.6. The molecule has 1 heterocycles. The molecule has 0 bridgehead atoms. The molecule has 7 heteroatoms. The van der Waals surface area contributed by atoms with Crippen LogP contribution in [0, 0.1) is 11.6 Å². The lowest BCUT2D eigenvalue weighted by molar-refractivity contribution is -0.222. The molecule has 0 aromatic heterocycles. The smallest absolute Gasteiger partial charge is 0.348 e. The van der Waals surface area contributed by atoms with Gasteiger partial charge in [0.25, 0.3) is 5.79 Å². The van der Waals surface area contributed by atoms with Gasteiger partial charge in [-0.2, -0.15) is 0 Å². The van der Waals surface area contributed by atoms with Gasteiger partial charge < -0.3 is 14.2 Å². The molecule has 0 aliphatic carbocycles. The summed E-state index contributed by atoms with van der Waals surface area (Å²) in [6.07, 6.45) is 1.36. The number of esters is 2. The summed E-state index contributed by atoms with van der Waals surface area (Å²) in [7, 11) is 0. The maximum atomic E-state index is 13.2. The Labute approximate surface area is 154 Å². The SMILES string of the molecule is CC1(C)OC(=O)C(=Cc2ccc(OCc3ccc(F)c(F)c3)cc2)C(=O)O1. The molecule has 0 N–H and O–H groups in total. The third-order valence-electron chi connectivity index (χ3n) is 3.70. The first-order chi connectivity index (χ1) is 12.7. The van der Waals surface area contributed by atoms with Crippen molar-refractivity contribution in [2.75, 3.05) is 0 Å². The zero-order chi connectivity index (χ0) is 19.6. The van der Waals surface area contributed by atoms with Crippen molar-refractivity contribution in [2.45, 2.75) is 26.2 Å². The molecule has 1 fully saturated rings. The van der Waals surface area contributed by atoms with E-state index in [0.717, 1.165) is 12.1 Å². The quantitative estimate of drug-likeness (QED) is 0.463. The Morgan fingerprint density at radius 1 is 0.963 bits per heavy atom. The van der Waals surface area contributed by atoms with Crippen molar-refractivity contribution in [2.24, 2.45) is 0 Å². The van der Waals surface area contributed by atoms with Crippen molar-refractivity contribution < 1.29 is 32.6 Å². The number of carbonyl (C=O) groups is 2. The molecule has 5 nitrogen and oxygen atoms in total. The average molecular weight is 374 g/mol. The van der Waals surface area contributed by atoms with E-state index < -0.39 is 29.4 Å². The lowest BCUT2D eigenvalue weighted by Crippen LogP contribution is -2.41. The summed E-state index contributed by atoms with van der Waals surface area (Å²) < 4.78 is 41.6. The molecule has 0 amide bonds. The minimum atomic E-state index is -1.29. The van der Waals surface area contributed by atoms with E-state index in [1.165, 1.54) is 26.0 Å².